The molecule has 0 atom stereocenters. The second kappa shape index (κ2) is 10.7. The summed E-state index contributed by atoms with van der Waals surface area (Å²) in [5.41, 5.74) is 7.32. The highest BCUT2D eigenvalue weighted by Crippen LogP contribution is 2.34. The van der Waals surface area contributed by atoms with Gasteiger partial charge < -0.3 is 20.5 Å². The quantitative estimate of drug-likeness (QED) is 0.540. The Morgan fingerprint density at radius 2 is 1.88 bits per heavy atom. The van der Waals surface area contributed by atoms with Gasteiger partial charge in [-0.3, -0.25) is 24.1 Å². The standard InChI is InChI=1S/C23H23N3O6S/c1-3-31-18-10-15(11-19-22(29)26(12-20(24)27)23(30)33-19)8-9-17(18)32-13-21(28)25-16-7-5-4-6-14(16)2/h4-11H,3,12-13H2,1-2H3,(H2,24,27)(H,25,28)/b19-11-. The van der Waals surface area contributed by atoms with E-state index in [1.807, 2.05) is 25.1 Å². The monoisotopic (exact) mass is 469 g/mol. The zero-order valence-electron chi connectivity index (χ0n) is 18.1. The molecule has 2 aromatic carbocycles. The number of hydrogen-bond donors (Lipinski definition) is 2. The van der Waals surface area contributed by atoms with E-state index in [2.05, 4.69) is 5.32 Å². The van der Waals surface area contributed by atoms with Gasteiger partial charge in [-0.2, -0.15) is 0 Å². The Balaban J connectivity index is 1.71. The van der Waals surface area contributed by atoms with Crippen LogP contribution in [0, 0.1) is 6.92 Å². The number of hydrogen-bond acceptors (Lipinski definition) is 7. The smallest absolute Gasteiger partial charge is 0.294 e. The highest BCUT2D eigenvalue weighted by Gasteiger charge is 2.35. The molecule has 3 N–H and O–H groups in total. The van der Waals surface area contributed by atoms with Crippen molar-refractivity contribution < 1.29 is 28.7 Å². The van der Waals surface area contributed by atoms with E-state index < -0.39 is 23.6 Å². The molecule has 0 spiro atoms. The van der Waals surface area contributed by atoms with E-state index in [1.54, 1.807) is 31.2 Å². The number of carbonyl (C=O) groups is 4. The molecule has 4 amide bonds. The average Bonchev–Trinajstić information content (AvgIpc) is 3.02. The molecular weight excluding hydrogens is 446 g/mol. The predicted molar refractivity (Wildman–Crippen MR) is 125 cm³/mol. The largest absolute Gasteiger partial charge is 0.490 e. The summed E-state index contributed by atoms with van der Waals surface area (Å²) in [6, 6.07) is 12.3. The number of carbonyl (C=O) groups excluding carboxylic acids is 4. The topological polar surface area (TPSA) is 128 Å². The molecule has 0 radical (unpaired) electrons. The van der Waals surface area contributed by atoms with Crippen LogP contribution in [0.4, 0.5) is 10.5 Å². The summed E-state index contributed by atoms with van der Waals surface area (Å²) in [6.07, 6.45) is 1.52. The molecule has 0 saturated carbocycles. The normalized spacial score (nSPS) is 14.5. The van der Waals surface area contributed by atoms with E-state index in [9.17, 15) is 19.2 Å². The molecule has 1 heterocycles. The Morgan fingerprint density at radius 3 is 2.58 bits per heavy atom. The number of imide groups is 1. The van der Waals surface area contributed by atoms with Crippen molar-refractivity contribution in [1.82, 2.24) is 4.90 Å². The number of primary amides is 1. The van der Waals surface area contributed by atoms with Crippen LogP contribution in [0.3, 0.4) is 0 Å². The van der Waals surface area contributed by atoms with Gasteiger partial charge in [-0.25, -0.2) is 0 Å². The maximum absolute atomic E-state index is 12.4. The van der Waals surface area contributed by atoms with Crippen LogP contribution >= 0.6 is 11.8 Å². The number of nitrogens with zero attached hydrogens (tertiary/aromatic N) is 1. The maximum Gasteiger partial charge on any atom is 0.294 e. The Bertz CT molecular complexity index is 1130. The molecule has 0 aromatic heterocycles. The number of benzene rings is 2. The lowest BCUT2D eigenvalue weighted by atomic mass is 10.2. The summed E-state index contributed by atoms with van der Waals surface area (Å²) in [5.74, 6) is -0.943. The van der Waals surface area contributed by atoms with Gasteiger partial charge in [0.05, 0.1) is 11.5 Å². The number of thioether (sulfide) groups is 1. The van der Waals surface area contributed by atoms with Crippen molar-refractivity contribution in [3.63, 3.8) is 0 Å². The van der Waals surface area contributed by atoms with Crippen molar-refractivity contribution in [1.29, 1.82) is 0 Å². The number of amides is 4. The zero-order chi connectivity index (χ0) is 24.0. The van der Waals surface area contributed by atoms with Crippen LogP contribution in [0.25, 0.3) is 6.08 Å². The van der Waals surface area contributed by atoms with Crippen LogP contribution in [-0.2, 0) is 14.4 Å². The third kappa shape index (κ3) is 6.13. The maximum atomic E-state index is 12.4. The van der Waals surface area contributed by atoms with Gasteiger partial charge in [0, 0.05) is 5.69 Å². The summed E-state index contributed by atoms with van der Waals surface area (Å²) >= 11 is 0.724. The summed E-state index contributed by atoms with van der Waals surface area (Å²) in [6.45, 7) is 3.36. The van der Waals surface area contributed by atoms with Crippen LogP contribution in [-0.4, -0.2) is 47.6 Å². The summed E-state index contributed by atoms with van der Waals surface area (Å²) < 4.78 is 11.3. The van der Waals surface area contributed by atoms with Crippen molar-refractivity contribution in [2.45, 2.75) is 13.8 Å². The third-order valence-corrected chi connectivity index (χ3v) is 5.44. The molecule has 9 nitrogen and oxygen atoms in total. The molecule has 0 bridgehead atoms. The van der Waals surface area contributed by atoms with Crippen molar-refractivity contribution in [2.75, 3.05) is 25.1 Å². The van der Waals surface area contributed by atoms with E-state index in [1.165, 1.54) is 6.08 Å². The fourth-order valence-electron chi connectivity index (χ4n) is 2.99. The fraction of sp³-hybridized carbons (Fsp3) is 0.217. The van der Waals surface area contributed by atoms with Crippen molar-refractivity contribution >= 4 is 46.5 Å². The zero-order valence-corrected chi connectivity index (χ0v) is 18.9. The Hall–Kier alpha value is -3.79. The number of aryl methyl sites for hydroxylation is 1. The lowest BCUT2D eigenvalue weighted by Crippen LogP contribution is -2.36. The van der Waals surface area contributed by atoms with Gasteiger partial charge >= 0.3 is 0 Å². The van der Waals surface area contributed by atoms with E-state index in [0.717, 1.165) is 22.2 Å². The van der Waals surface area contributed by atoms with Gasteiger partial charge in [0.1, 0.15) is 6.54 Å². The Labute approximate surface area is 194 Å². The predicted octanol–water partition coefficient (Wildman–Crippen LogP) is 2.93. The lowest BCUT2D eigenvalue weighted by molar-refractivity contribution is -0.127. The number of rotatable bonds is 9. The number of anilines is 1. The van der Waals surface area contributed by atoms with E-state index >= 15 is 0 Å². The van der Waals surface area contributed by atoms with Gasteiger partial charge in [0.15, 0.2) is 18.1 Å². The summed E-state index contributed by atoms with van der Waals surface area (Å²) in [7, 11) is 0. The lowest BCUT2D eigenvalue weighted by Gasteiger charge is -2.13. The SMILES string of the molecule is CCOc1cc(/C=C2\SC(=O)N(CC(N)=O)C2=O)ccc1OCC(=O)Nc1ccccc1C. The van der Waals surface area contributed by atoms with Gasteiger partial charge in [-0.1, -0.05) is 24.3 Å². The van der Waals surface area contributed by atoms with Crippen LogP contribution < -0.4 is 20.5 Å². The number of ether oxygens (including phenoxy) is 2. The minimum absolute atomic E-state index is 0.162. The summed E-state index contributed by atoms with van der Waals surface area (Å²) in [4.78, 5) is 48.7. The molecule has 172 valence electrons. The molecule has 1 aliphatic rings. The Kier molecular flexibility index (Phi) is 7.73. The van der Waals surface area contributed by atoms with Crippen LogP contribution in [0.2, 0.25) is 0 Å². The van der Waals surface area contributed by atoms with Gasteiger partial charge in [0.2, 0.25) is 5.91 Å². The van der Waals surface area contributed by atoms with Crippen LogP contribution in [0.1, 0.15) is 18.1 Å². The molecular formula is C23H23N3O6S. The Morgan fingerprint density at radius 1 is 1.12 bits per heavy atom. The van der Waals surface area contributed by atoms with Crippen LogP contribution in [0.5, 0.6) is 11.5 Å². The number of nitrogens with two attached hydrogens (primary N) is 1. The van der Waals surface area contributed by atoms with E-state index in [0.29, 0.717) is 29.4 Å². The highest BCUT2D eigenvalue weighted by atomic mass is 32.2. The fourth-order valence-corrected chi connectivity index (χ4v) is 3.83. The molecule has 10 heteroatoms. The second-order valence-electron chi connectivity index (χ2n) is 7.03. The van der Waals surface area contributed by atoms with Crippen molar-refractivity contribution in [3.8, 4) is 11.5 Å². The molecule has 3 rings (SSSR count). The first kappa shape index (κ1) is 23.9. The number of para-hydroxylation sites is 1. The van der Waals surface area contributed by atoms with E-state index in [-0.39, 0.29) is 17.4 Å². The molecule has 33 heavy (non-hydrogen) atoms. The average molecular weight is 470 g/mol. The van der Waals surface area contributed by atoms with E-state index in [4.69, 9.17) is 15.2 Å². The first-order valence-corrected chi connectivity index (χ1v) is 10.9. The molecule has 1 aliphatic heterocycles. The molecule has 2 aromatic rings. The molecule has 0 unspecified atom stereocenters. The van der Waals surface area contributed by atoms with Gasteiger partial charge in [-0.05, 0) is 61.0 Å². The number of nitrogens with one attached hydrogen (secondary N) is 1. The third-order valence-electron chi connectivity index (χ3n) is 4.53. The minimum Gasteiger partial charge on any atom is -0.490 e. The minimum atomic E-state index is -0.773. The first-order chi connectivity index (χ1) is 15.8. The molecule has 0 aliphatic carbocycles. The molecule has 1 fully saturated rings. The van der Waals surface area contributed by atoms with Crippen LogP contribution in [0.15, 0.2) is 47.4 Å². The van der Waals surface area contributed by atoms with Crippen molar-refractivity contribution in [3.05, 3.63) is 58.5 Å². The second-order valence-corrected chi connectivity index (χ2v) is 8.02. The summed E-state index contributed by atoms with van der Waals surface area (Å²) in [5, 5.41) is 2.23. The molecule has 1 saturated heterocycles. The van der Waals surface area contributed by atoms with Gasteiger partial charge in [0.25, 0.3) is 17.1 Å². The van der Waals surface area contributed by atoms with Gasteiger partial charge in [-0.15, -0.1) is 0 Å². The first-order valence-electron chi connectivity index (χ1n) is 10.1. The highest BCUT2D eigenvalue weighted by molar-refractivity contribution is 8.18. The van der Waals surface area contributed by atoms with Crippen molar-refractivity contribution in [2.24, 2.45) is 5.73 Å².